The Morgan fingerprint density at radius 1 is 1.67 bits per heavy atom. The van der Waals surface area contributed by atoms with E-state index in [4.69, 9.17) is 12.2 Å². The lowest BCUT2D eigenvalue weighted by Gasteiger charge is -2.03. The van der Waals surface area contributed by atoms with Crippen LogP contribution in [0.5, 0.6) is 0 Å². The molecule has 1 aromatic heterocycles. The number of halogens is 1. The molecule has 0 amide bonds. The van der Waals surface area contributed by atoms with Gasteiger partial charge in [-0.25, -0.2) is 4.98 Å². The van der Waals surface area contributed by atoms with E-state index in [0.717, 1.165) is 21.7 Å². The van der Waals surface area contributed by atoms with Crippen LogP contribution in [0, 0.1) is 0 Å². The molecule has 0 spiro atoms. The van der Waals surface area contributed by atoms with Crippen molar-refractivity contribution in [2.75, 3.05) is 5.32 Å². The summed E-state index contributed by atoms with van der Waals surface area (Å²) in [4.78, 5) is 4.93. The predicted octanol–water partition coefficient (Wildman–Crippen LogP) is 2.99. The number of thiocarbonyl (C=S) groups is 1. The first-order valence-electron chi connectivity index (χ1n) is 3.63. The van der Waals surface area contributed by atoms with Gasteiger partial charge in [0.1, 0.15) is 5.82 Å². The number of nitrogens with one attached hydrogen (secondary N) is 1. The third-order valence-electron chi connectivity index (χ3n) is 1.32. The molecule has 0 saturated heterocycles. The Balaban J connectivity index is 2.64. The van der Waals surface area contributed by atoms with Gasteiger partial charge in [-0.15, -0.1) is 0 Å². The summed E-state index contributed by atoms with van der Waals surface area (Å²) >= 11 is 8.31. The van der Waals surface area contributed by atoms with Crippen molar-refractivity contribution in [3.8, 4) is 0 Å². The fourth-order valence-corrected chi connectivity index (χ4v) is 1.02. The van der Waals surface area contributed by atoms with Crippen LogP contribution in [-0.4, -0.2) is 9.97 Å². The van der Waals surface area contributed by atoms with Gasteiger partial charge in [-0.3, -0.25) is 0 Å². The average Bonchev–Trinajstić information content (AvgIpc) is 2.09. The Bertz CT molecular complexity index is 271. The number of aromatic nitrogens is 1. The van der Waals surface area contributed by atoms with Gasteiger partial charge in [0.25, 0.3) is 0 Å². The summed E-state index contributed by atoms with van der Waals surface area (Å²) in [7, 11) is 0. The third-order valence-corrected chi connectivity index (χ3v) is 2.18. The van der Waals surface area contributed by atoms with E-state index in [1.165, 1.54) is 0 Å². The van der Waals surface area contributed by atoms with Crippen molar-refractivity contribution < 1.29 is 0 Å². The summed E-state index contributed by atoms with van der Waals surface area (Å²) in [6, 6.07) is 3.81. The molecule has 0 saturated carbocycles. The van der Waals surface area contributed by atoms with Crippen molar-refractivity contribution in [2.45, 2.75) is 13.3 Å². The van der Waals surface area contributed by atoms with Crippen LogP contribution in [0.15, 0.2) is 22.8 Å². The summed E-state index contributed by atoms with van der Waals surface area (Å²) in [6.07, 6.45) is 2.58. The van der Waals surface area contributed by atoms with Crippen molar-refractivity contribution in [3.05, 3.63) is 22.8 Å². The first-order chi connectivity index (χ1) is 5.72. The molecule has 0 aromatic carbocycles. The monoisotopic (exact) mass is 244 g/mol. The first kappa shape index (κ1) is 9.61. The largest absolute Gasteiger partial charge is 0.335 e. The third kappa shape index (κ3) is 2.87. The molecular weight excluding hydrogens is 236 g/mol. The lowest BCUT2D eigenvalue weighted by molar-refractivity contribution is 1.26. The zero-order chi connectivity index (χ0) is 8.97. The molecular formula is C8H9BrN2S. The second kappa shape index (κ2) is 4.52. The SMILES string of the molecule is CCC(=S)Nc1ccc(Br)cn1. The molecule has 0 aliphatic rings. The van der Waals surface area contributed by atoms with Gasteiger partial charge in [0.2, 0.25) is 0 Å². The normalized spacial score (nSPS) is 9.50. The van der Waals surface area contributed by atoms with E-state index in [0.29, 0.717) is 0 Å². The molecule has 0 bridgehead atoms. The molecule has 2 nitrogen and oxygen atoms in total. The Hall–Kier alpha value is -0.480. The van der Waals surface area contributed by atoms with E-state index in [9.17, 15) is 0 Å². The standard InChI is InChI=1S/C8H9BrN2S/c1-2-8(12)11-7-4-3-6(9)5-10-7/h3-5H,2H2,1H3,(H,10,11,12). The number of anilines is 1. The van der Waals surface area contributed by atoms with Gasteiger partial charge in [0.15, 0.2) is 0 Å². The summed E-state index contributed by atoms with van der Waals surface area (Å²) in [6.45, 7) is 2.01. The maximum Gasteiger partial charge on any atom is 0.130 e. The highest BCUT2D eigenvalue weighted by Gasteiger charge is 1.95. The zero-order valence-corrected chi connectivity index (χ0v) is 9.08. The maximum atomic E-state index is 5.01. The number of hydrogen-bond donors (Lipinski definition) is 1. The molecule has 1 N–H and O–H groups in total. The van der Waals surface area contributed by atoms with E-state index in [-0.39, 0.29) is 0 Å². The number of rotatable bonds is 2. The first-order valence-corrected chi connectivity index (χ1v) is 4.84. The summed E-state index contributed by atoms with van der Waals surface area (Å²) in [5.74, 6) is 0.796. The number of pyridine rings is 1. The second-order valence-electron chi connectivity index (χ2n) is 2.26. The average molecular weight is 245 g/mol. The Kier molecular flexibility index (Phi) is 3.62. The fraction of sp³-hybridized carbons (Fsp3) is 0.250. The van der Waals surface area contributed by atoms with Gasteiger partial charge >= 0.3 is 0 Å². The van der Waals surface area contributed by atoms with Gasteiger partial charge in [0, 0.05) is 10.7 Å². The minimum absolute atomic E-state index is 0.796. The lowest BCUT2D eigenvalue weighted by atomic mass is 10.4. The summed E-state index contributed by atoms with van der Waals surface area (Å²) in [5.41, 5.74) is 0. The number of hydrogen-bond acceptors (Lipinski definition) is 2. The fourth-order valence-electron chi connectivity index (χ4n) is 0.681. The van der Waals surface area contributed by atoms with Crippen molar-refractivity contribution >= 4 is 39.0 Å². The van der Waals surface area contributed by atoms with Crippen LogP contribution in [0.4, 0.5) is 5.82 Å². The second-order valence-corrected chi connectivity index (χ2v) is 3.67. The Morgan fingerprint density at radius 3 is 2.92 bits per heavy atom. The molecule has 1 heterocycles. The molecule has 0 unspecified atom stereocenters. The van der Waals surface area contributed by atoms with Crippen LogP contribution in [0.2, 0.25) is 0 Å². The van der Waals surface area contributed by atoms with Crippen LogP contribution >= 0.6 is 28.1 Å². The molecule has 4 heteroatoms. The van der Waals surface area contributed by atoms with E-state index >= 15 is 0 Å². The van der Waals surface area contributed by atoms with Gasteiger partial charge in [-0.1, -0.05) is 19.1 Å². The summed E-state index contributed by atoms with van der Waals surface area (Å²) < 4.78 is 0.968. The van der Waals surface area contributed by atoms with Crippen molar-refractivity contribution in [1.29, 1.82) is 0 Å². The topological polar surface area (TPSA) is 24.9 Å². The van der Waals surface area contributed by atoms with Crippen molar-refractivity contribution in [1.82, 2.24) is 4.98 Å². The van der Waals surface area contributed by atoms with Crippen LogP contribution in [0.25, 0.3) is 0 Å². The van der Waals surface area contributed by atoms with E-state index < -0.39 is 0 Å². The van der Waals surface area contributed by atoms with Crippen LogP contribution in [0.1, 0.15) is 13.3 Å². The van der Waals surface area contributed by atoms with E-state index in [2.05, 4.69) is 26.2 Å². The van der Waals surface area contributed by atoms with E-state index in [1.807, 2.05) is 19.1 Å². The highest BCUT2D eigenvalue weighted by atomic mass is 79.9. The van der Waals surface area contributed by atoms with Crippen LogP contribution < -0.4 is 5.32 Å². The molecule has 64 valence electrons. The molecule has 0 fully saturated rings. The Morgan fingerprint density at radius 2 is 2.42 bits per heavy atom. The highest BCUT2D eigenvalue weighted by molar-refractivity contribution is 9.10. The van der Waals surface area contributed by atoms with Crippen LogP contribution in [0.3, 0.4) is 0 Å². The van der Waals surface area contributed by atoms with Gasteiger partial charge in [-0.2, -0.15) is 0 Å². The van der Waals surface area contributed by atoms with Crippen LogP contribution in [-0.2, 0) is 0 Å². The quantitative estimate of drug-likeness (QED) is 0.811. The van der Waals surface area contributed by atoms with Gasteiger partial charge in [0.05, 0.1) is 4.99 Å². The predicted molar refractivity (Wildman–Crippen MR) is 58.4 cm³/mol. The minimum atomic E-state index is 0.796. The highest BCUT2D eigenvalue weighted by Crippen LogP contribution is 2.10. The molecule has 0 radical (unpaired) electrons. The van der Waals surface area contributed by atoms with Crippen molar-refractivity contribution in [2.24, 2.45) is 0 Å². The van der Waals surface area contributed by atoms with Crippen molar-refractivity contribution in [3.63, 3.8) is 0 Å². The molecule has 12 heavy (non-hydrogen) atoms. The summed E-state index contributed by atoms with van der Waals surface area (Å²) in [5, 5.41) is 3.02. The smallest absolute Gasteiger partial charge is 0.130 e. The Labute approximate surface area is 85.5 Å². The molecule has 0 aliphatic carbocycles. The van der Waals surface area contributed by atoms with E-state index in [1.54, 1.807) is 6.20 Å². The van der Waals surface area contributed by atoms with Gasteiger partial charge < -0.3 is 5.32 Å². The molecule has 1 rings (SSSR count). The van der Waals surface area contributed by atoms with Gasteiger partial charge in [-0.05, 0) is 34.5 Å². The maximum absolute atomic E-state index is 5.01. The zero-order valence-electron chi connectivity index (χ0n) is 6.67. The number of nitrogens with zero attached hydrogens (tertiary/aromatic N) is 1. The lowest BCUT2D eigenvalue weighted by Crippen LogP contribution is -2.07. The molecule has 0 aliphatic heterocycles. The molecule has 0 atom stereocenters. The minimum Gasteiger partial charge on any atom is -0.335 e. The molecule has 1 aromatic rings.